The number of Topliss-reactive ketones (excluding diaryl/α,β-unsaturated/α-hetero) is 1. The average Bonchev–Trinajstić information content (AvgIpc) is 2.20. The van der Waals surface area contributed by atoms with Crippen molar-refractivity contribution in [2.45, 2.75) is 20.8 Å². The summed E-state index contributed by atoms with van der Waals surface area (Å²) in [5, 5.41) is 16.8. The van der Waals surface area contributed by atoms with Gasteiger partial charge >= 0.3 is 0 Å². The average molecular weight is 218 g/mol. The molecule has 0 fully saturated rings. The van der Waals surface area contributed by atoms with Gasteiger partial charge in [-0.25, -0.2) is 0 Å². The number of aryl methyl sites for hydroxylation is 1. The van der Waals surface area contributed by atoms with Gasteiger partial charge < -0.3 is 5.11 Å². The zero-order chi connectivity index (χ0) is 12.1. The van der Waals surface area contributed by atoms with E-state index in [9.17, 15) is 9.90 Å². The third kappa shape index (κ3) is 3.31. The third-order valence-electron chi connectivity index (χ3n) is 1.98. The number of hydrogen-bond acceptors (Lipinski definition) is 4. The highest BCUT2D eigenvalue weighted by Crippen LogP contribution is 2.15. The summed E-state index contributed by atoms with van der Waals surface area (Å²) in [7, 11) is 0. The van der Waals surface area contributed by atoms with Crippen LogP contribution in [-0.4, -0.2) is 10.9 Å². The lowest BCUT2D eigenvalue weighted by atomic mass is 10.2. The molecule has 1 aromatic carbocycles. The predicted molar refractivity (Wildman–Crippen MR) is 61.7 cm³/mol. The van der Waals surface area contributed by atoms with Gasteiger partial charge in [0, 0.05) is 6.92 Å². The predicted octanol–water partition coefficient (Wildman–Crippen LogP) is 3.46. The van der Waals surface area contributed by atoms with Crippen molar-refractivity contribution in [3.05, 3.63) is 41.3 Å². The summed E-state index contributed by atoms with van der Waals surface area (Å²) in [5.74, 6) is -0.431. The molecule has 1 aromatic rings. The molecule has 0 aromatic heterocycles. The number of benzene rings is 1. The van der Waals surface area contributed by atoms with Gasteiger partial charge in [-0.1, -0.05) is 17.7 Å². The highest BCUT2D eigenvalue weighted by atomic mass is 16.3. The first kappa shape index (κ1) is 12.1. The smallest absolute Gasteiger partial charge is 0.183 e. The lowest BCUT2D eigenvalue weighted by molar-refractivity contribution is -0.113. The number of carbonyl (C=O) groups is 1. The Morgan fingerprint density at radius 1 is 1.19 bits per heavy atom. The molecule has 1 rings (SSSR count). The van der Waals surface area contributed by atoms with Crippen molar-refractivity contribution in [2.24, 2.45) is 10.2 Å². The minimum Gasteiger partial charge on any atom is -0.510 e. The standard InChI is InChI=1S/C12H14N2O2/c1-8-4-6-11(7-5-8)13-14-12(9(2)15)10(3)16/h4-7,15H,1-3H3/b12-9+,14-13?. The summed E-state index contributed by atoms with van der Waals surface area (Å²) in [5.41, 5.74) is 1.76. The minimum absolute atomic E-state index is 0.0134. The Balaban J connectivity index is 2.92. The van der Waals surface area contributed by atoms with Crippen LogP contribution in [0.1, 0.15) is 19.4 Å². The van der Waals surface area contributed by atoms with Crippen LogP contribution in [0, 0.1) is 6.92 Å². The van der Waals surface area contributed by atoms with Crippen molar-refractivity contribution >= 4 is 11.5 Å². The molecule has 4 nitrogen and oxygen atoms in total. The Morgan fingerprint density at radius 2 is 1.75 bits per heavy atom. The van der Waals surface area contributed by atoms with E-state index in [1.807, 2.05) is 19.1 Å². The first-order valence-corrected chi connectivity index (χ1v) is 4.90. The second-order valence-electron chi connectivity index (χ2n) is 3.53. The molecule has 0 amide bonds. The fourth-order valence-electron chi connectivity index (χ4n) is 1.12. The molecule has 0 unspecified atom stereocenters. The molecular weight excluding hydrogens is 204 g/mol. The number of aliphatic hydroxyl groups excluding tert-OH is 1. The maximum atomic E-state index is 11.1. The number of ketones is 1. The molecule has 0 aliphatic rings. The lowest BCUT2D eigenvalue weighted by Crippen LogP contribution is -1.96. The molecule has 0 atom stereocenters. The van der Waals surface area contributed by atoms with Crippen molar-refractivity contribution in [3.8, 4) is 0 Å². The number of carbonyl (C=O) groups excluding carboxylic acids is 1. The second-order valence-corrected chi connectivity index (χ2v) is 3.53. The Hall–Kier alpha value is -1.97. The zero-order valence-electron chi connectivity index (χ0n) is 9.56. The maximum absolute atomic E-state index is 11.1. The molecule has 84 valence electrons. The first-order valence-electron chi connectivity index (χ1n) is 4.90. The van der Waals surface area contributed by atoms with Crippen LogP contribution in [0.5, 0.6) is 0 Å². The van der Waals surface area contributed by atoms with Gasteiger partial charge in [-0.3, -0.25) is 4.79 Å². The van der Waals surface area contributed by atoms with Gasteiger partial charge in [0.2, 0.25) is 0 Å². The van der Waals surface area contributed by atoms with Crippen LogP contribution >= 0.6 is 0 Å². The molecule has 0 heterocycles. The van der Waals surface area contributed by atoms with Crippen molar-refractivity contribution < 1.29 is 9.90 Å². The Bertz CT molecular complexity index is 441. The van der Waals surface area contributed by atoms with Gasteiger partial charge in [-0.05, 0) is 26.0 Å². The van der Waals surface area contributed by atoms with Gasteiger partial charge in [0.15, 0.2) is 11.5 Å². The van der Waals surface area contributed by atoms with E-state index < -0.39 is 0 Å². The number of nitrogens with zero attached hydrogens (tertiary/aromatic N) is 2. The number of hydrogen-bond donors (Lipinski definition) is 1. The number of rotatable bonds is 3. The summed E-state index contributed by atoms with van der Waals surface area (Å²) in [6.45, 7) is 4.72. The lowest BCUT2D eigenvalue weighted by Gasteiger charge is -1.97. The minimum atomic E-state index is -0.309. The molecule has 0 radical (unpaired) electrons. The Kier molecular flexibility index (Phi) is 3.94. The zero-order valence-corrected chi connectivity index (χ0v) is 9.56. The molecule has 4 heteroatoms. The van der Waals surface area contributed by atoms with Crippen LogP contribution in [0.2, 0.25) is 0 Å². The largest absolute Gasteiger partial charge is 0.510 e. The van der Waals surface area contributed by atoms with E-state index >= 15 is 0 Å². The molecule has 0 saturated carbocycles. The van der Waals surface area contributed by atoms with E-state index in [0.29, 0.717) is 5.69 Å². The summed E-state index contributed by atoms with van der Waals surface area (Å²) in [6, 6.07) is 7.39. The molecule has 0 saturated heterocycles. The van der Waals surface area contributed by atoms with Crippen LogP contribution in [0.25, 0.3) is 0 Å². The quantitative estimate of drug-likeness (QED) is 0.479. The van der Waals surface area contributed by atoms with E-state index in [1.54, 1.807) is 12.1 Å². The fourth-order valence-corrected chi connectivity index (χ4v) is 1.12. The third-order valence-corrected chi connectivity index (χ3v) is 1.98. The van der Waals surface area contributed by atoms with Crippen molar-refractivity contribution in [3.63, 3.8) is 0 Å². The van der Waals surface area contributed by atoms with Crippen molar-refractivity contribution in [1.29, 1.82) is 0 Å². The highest BCUT2D eigenvalue weighted by molar-refractivity contribution is 5.93. The van der Waals surface area contributed by atoms with E-state index in [2.05, 4.69) is 10.2 Å². The first-order chi connectivity index (χ1) is 7.50. The van der Waals surface area contributed by atoms with Gasteiger partial charge in [-0.2, -0.15) is 5.11 Å². The Morgan fingerprint density at radius 3 is 2.19 bits per heavy atom. The summed E-state index contributed by atoms with van der Waals surface area (Å²) in [6.07, 6.45) is 0. The van der Waals surface area contributed by atoms with Crippen LogP contribution in [0.3, 0.4) is 0 Å². The number of allylic oxidation sites excluding steroid dienone is 2. The number of aliphatic hydroxyl groups is 1. The molecule has 1 N–H and O–H groups in total. The van der Waals surface area contributed by atoms with Gasteiger partial charge in [0.05, 0.1) is 5.69 Å². The van der Waals surface area contributed by atoms with Gasteiger partial charge in [0.25, 0.3) is 0 Å². The van der Waals surface area contributed by atoms with E-state index in [1.165, 1.54) is 13.8 Å². The molecule has 0 aliphatic heterocycles. The van der Waals surface area contributed by atoms with E-state index in [4.69, 9.17) is 0 Å². The molecule has 0 aliphatic carbocycles. The van der Waals surface area contributed by atoms with E-state index in [0.717, 1.165) is 5.56 Å². The maximum Gasteiger partial charge on any atom is 0.183 e. The fraction of sp³-hybridized carbons (Fsp3) is 0.250. The van der Waals surface area contributed by atoms with Gasteiger partial charge in [0.1, 0.15) is 5.76 Å². The van der Waals surface area contributed by atoms with Crippen LogP contribution in [0.15, 0.2) is 46.0 Å². The molecule has 0 spiro atoms. The normalized spacial score (nSPS) is 12.7. The highest BCUT2D eigenvalue weighted by Gasteiger charge is 2.06. The molecular formula is C12H14N2O2. The summed E-state index contributed by atoms with van der Waals surface area (Å²) >= 11 is 0. The van der Waals surface area contributed by atoms with Crippen LogP contribution in [-0.2, 0) is 4.79 Å². The number of azo groups is 1. The van der Waals surface area contributed by atoms with Crippen LogP contribution < -0.4 is 0 Å². The molecule has 16 heavy (non-hydrogen) atoms. The Labute approximate surface area is 94.3 Å². The van der Waals surface area contributed by atoms with Crippen molar-refractivity contribution in [1.82, 2.24) is 0 Å². The second kappa shape index (κ2) is 5.21. The monoisotopic (exact) mass is 218 g/mol. The SMILES string of the molecule is CC(=O)/C(N=Nc1ccc(C)cc1)=C(/C)O. The topological polar surface area (TPSA) is 62.0 Å². The van der Waals surface area contributed by atoms with Crippen LogP contribution in [0.4, 0.5) is 5.69 Å². The van der Waals surface area contributed by atoms with Gasteiger partial charge in [-0.15, -0.1) is 5.11 Å². The summed E-state index contributed by atoms with van der Waals surface area (Å²) in [4.78, 5) is 11.1. The van der Waals surface area contributed by atoms with Crippen molar-refractivity contribution in [2.75, 3.05) is 0 Å². The summed E-state index contributed by atoms with van der Waals surface area (Å²) < 4.78 is 0. The van der Waals surface area contributed by atoms with E-state index in [-0.39, 0.29) is 17.2 Å². The molecule has 0 bridgehead atoms.